The second-order valence-electron chi connectivity index (χ2n) is 3.02. The molecule has 0 aromatic carbocycles. The molecule has 0 amide bonds. The Morgan fingerprint density at radius 1 is 1.25 bits per heavy atom. The first kappa shape index (κ1) is 7.55. The first-order valence-corrected chi connectivity index (χ1v) is 4.38. The van der Waals surface area contributed by atoms with Crippen molar-refractivity contribution in [2.45, 2.75) is 12.8 Å². The molecule has 0 aliphatic carbocycles. The van der Waals surface area contributed by atoms with Crippen LogP contribution in [0, 0.1) is 0 Å². The van der Waals surface area contributed by atoms with Crippen molar-refractivity contribution in [3.8, 4) is 0 Å². The molecule has 3 nitrogen and oxygen atoms in total. The molecule has 12 heavy (non-hydrogen) atoms. The van der Waals surface area contributed by atoms with Gasteiger partial charge in [-0.1, -0.05) is 6.07 Å². The summed E-state index contributed by atoms with van der Waals surface area (Å²) in [6.07, 6.45) is 4.39. The van der Waals surface area contributed by atoms with Gasteiger partial charge in [-0.05, 0) is 25.0 Å². The summed E-state index contributed by atoms with van der Waals surface area (Å²) in [6.45, 7) is 2.27. The summed E-state index contributed by atoms with van der Waals surface area (Å²) in [5.74, 6) is 0.944. The van der Waals surface area contributed by atoms with Crippen LogP contribution in [0.4, 0.5) is 5.82 Å². The number of nitrogens with zero attached hydrogens (tertiary/aromatic N) is 2. The van der Waals surface area contributed by atoms with Crippen LogP contribution in [0.25, 0.3) is 0 Å². The molecule has 0 spiro atoms. The SMILES string of the molecule is c1ccc(NN2CCCC2)nc1. The van der Waals surface area contributed by atoms with Crippen molar-refractivity contribution in [2.24, 2.45) is 0 Å². The minimum absolute atomic E-state index is 0.944. The predicted octanol–water partition coefficient (Wildman–Crippen LogP) is 1.50. The topological polar surface area (TPSA) is 28.2 Å². The van der Waals surface area contributed by atoms with Crippen molar-refractivity contribution < 1.29 is 0 Å². The maximum Gasteiger partial charge on any atom is 0.140 e. The van der Waals surface area contributed by atoms with E-state index >= 15 is 0 Å². The highest BCUT2D eigenvalue weighted by molar-refractivity contribution is 5.31. The number of hydrogen-bond donors (Lipinski definition) is 1. The lowest BCUT2D eigenvalue weighted by Crippen LogP contribution is -2.26. The van der Waals surface area contributed by atoms with Gasteiger partial charge in [0.25, 0.3) is 0 Å². The Kier molecular flexibility index (Phi) is 2.23. The minimum Gasteiger partial charge on any atom is -0.303 e. The van der Waals surface area contributed by atoms with Crippen molar-refractivity contribution in [3.05, 3.63) is 24.4 Å². The molecule has 1 aliphatic heterocycles. The molecule has 0 unspecified atom stereocenters. The smallest absolute Gasteiger partial charge is 0.140 e. The van der Waals surface area contributed by atoms with Gasteiger partial charge < -0.3 is 5.43 Å². The second-order valence-corrected chi connectivity index (χ2v) is 3.02. The van der Waals surface area contributed by atoms with Gasteiger partial charge in [0.15, 0.2) is 0 Å². The number of hydrogen-bond acceptors (Lipinski definition) is 3. The van der Waals surface area contributed by atoms with Gasteiger partial charge in [-0.2, -0.15) is 0 Å². The Bertz CT molecular complexity index is 229. The third-order valence-corrected chi connectivity index (χ3v) is 2.04. The largest absolute Gasteiger partial charge is 0.303 e. The Labute approximate surface area is 72.4 Å². The lowest BCUT2D eigenvalue weighted by atomic mass is 10.4. The molecule has 1 saturated heterocycles. The van der Waals surface area contributed by atoms with Crippen LogP contribution in [0.3, 0.4) is 0 Å². The van der Waals surface area contributed by atoms with E-state index in [2.05, 4.69) is 15.4 Å². The number of hydrazine groups is 1. The van der Waals surface area contributed by atoms with E-state index < -0.39 is 0 Å². The van der Waals surface area contributed by atoms with Gasteiger partial charge in [-0.3, -0.25) is 0 Å². The third-order valence-electron chi connectivity index (χ3n) is 2.04. The maximum absolute atomic E-state index is 4.19. The van der Waals surface area contributed by atoms with Crippen LogP contribution >= 0.6 is 0 Å². The van der Waals surface area contributed by atoms with E-state index in [9.17, 15) is 0 Å². The Morgan fingerprint density at radius 2 is 2.08 bits per heavy atom. The Hall–Kier alpha value is -1.09. The molecule has 0 saturated carbocycles. The average Bonchev–Trinajstić information content (AvgIpc) is 2.59. The zero-order valence-corrected chi connectivity index (χ0v) is 7.03. The van der Waals surface area contributed by atoms with Gasteiger partial charge in [0.1, 0.15) is 5.82 Å². The molecule has 2 rings (SSSR count). The number of rotatable bonds is 2. The predicted molar refractivity (Wildman–Crippen MR) is 48.7 cm³/mol. The van der Waals surface area contributed by atoms with Gasteiger partial charge >= 0.3 is 0 Å². The van der Waals surface area contributed by atoms with E-state index in [0.29, 0.717) is 0 Å². The summed E-state index contributed by atoms with van der Waals surface area (Å²) in [5.41, 5.74) is 3.26. The molecule has 1 aliphatic rings. The second kappa shape index (κ2) is 3.54. The molecular formula is C9H13N3. The van der Waals surface area contributed by atoms with Gasteiger partial charge in [-0.15, -0.1) is 0 Å². The zero-order chi connectivity index (χ0) is 8.23. The molecule has 64 valence electrons. The number of nitrogens with one attached hydrogen (secondary N) is 1. The van der Waals surface area contributed by atoms with Crippen LogP contribution in [0.2, 0.25) is 0 Å². The van der Waals surface area contributed by atoms with Crippen molar-refractivity contribution in [1.82, 2.24) is 9.99 Å². The molecule has 1 N–H and O–H groups in total. The molecule has 1 aromatic rings. The maximum atomic E-state index is 4.19. The molecule has 0 atom stereocenters. The van der Waals surface area contributed by atoms with Gasteiger partial charge in [-0.25, -0.2) is 9.99 Å². The van der Waals surface area contributed by atoms with Crippen molar-refractivity contribution >= 4 is 5.82 Å². The van der Waals surface area contributed by atoms with Gasteiger partial charge in [0.05, 0.1) is 0 Å². The summed E-state index contributed by atoms with van der Waals surface area (Å²) in [5, 5.41) is 2.21. The van der Waals surface area contributed by atoms with E-state index in [1.807, 2.05) is 18.2 Å². The first-order chi connectivity index (χ1) is 5.95. The highest BCUT2D eigenvalue weighted by Crippen LogP contribution is 2.09. The van der Waals surface area contributed by atoms with Crippen LogP contribution in [0.5, 0.6) is 0 Å². The monoisotopic (exact) mass is 163 g/mol. The number of pyridine rings is 1. The molecule has 2 heterocycles. The van der Waals surface area contributed by atoms with Crippen LogP contribution in [-0.2, 0) is 0 Å². The average molecular weight is 163 g/mol. The summed E-state index contributed by atoms with van der Waals surface area (Å²) >= 11 is 0. The quantitative estimate of drug-likeness (QED) is 0.716. The highest BCUT2D eigenvalue weighted by atomic mass is 15.5. The van der Waals surface area contributed by atoms with Crippen molar-refractivity contribution in [2.75, 3.05) is 18.5 Å². The van der Waals surface area contributed by atoms with Gasteiger partial charge in [0, 0.05) is 19.3 Å². The van der Waals surface area contributed by atoms with E-state index in [-0.39, 0.29) is 0 Å². The minimum atomic E-state index is 0.944. The van der Waals surface area contributed by atoms with E-state index in [4.69, 9.17) is 0 Å². The normalized spacial score (nSPS) is 18.0. The van der Waals surface area contributed by atoms with Crippen LogP contribution in [0.1, 0.15) is 12.8 Å². The molecule has 3 heteroatoms. The van der Waals surface area contributed by atoms with Crippen LogP contribution < -0.4 is 5.43 Å². The highest BCUT2D eigenvalue weighted by Gasteiger charge is 2.10. The van der Waals surface area contributed by atoms with E-state index in [1.54, 1.807) is 6.20 Å². The van der Waals surface area contributed by atoms with E-state index in [1.165, 1.54) is 12.8 Å². The molecular weight excluding hydrogens is 150 g/mol. The summed E-state index contributed by atoms with van der Waals surface area (Å²) in [4.78, 5) is 4.19. The fraction of sp³-hybridized carbons (Fsp3) is 0.444. The van der Waals surface area contributed by atoms with Crippen LogP contribution in [0.15, 0.2) is 24.4 Å². The first-order valence-electron chi connectivity index (χ1n) is 4.38. The molecule has 1 fully saturated rings. The summed E-state index contributed by atoms with van der Waals surface area (Å²) in [7, 11) is 0. The summed E-state index contributed by atoms with van der Waals surface area (Å²) < 4.78 is 0. The van der Waals surface area contributed by atoms with E-state index in [0.717, 1.165) is 18.9 Å². The zero-order valence-electron chi connectivity index (χ0n) is 7.03. The summed E-state index contributed by atoms with van der Waals surface area (Å²) in [6, 6.07) is 5.90. The molecule has 1 aromatic heterocycles. The third kappa shape index (κ3) is 1.74. The Balaban J connectivity index is 1.94. The number of aromatic nitrogens is 1. The fourth-order valence-electron chi connectivity index (χ4n) is 1.42. The lowest BCUT2D eigenvalue weighted by molar-refractivity contribution is 0.408. The number of anilines is 1. The van der Waals surface area contributed by atoms with Crippen molar-refractivity contribution in [3.63, 3.8) is 0 Å². The van der Waals surface area contributed by atoms with Crippen molar-refractivity contribution in [1.29, 1.82) is 0 Å². The fourth-order valence-corrected chi connectivity index (χ4v) is 1.42. The molecule has 0 bridgehead atoms. The lowest BCUT2D eigenvalue weighted by Gasteiger charge is -2.16. The molecule has 0 radical (unpaired) electrons. The van der Waals surface area contributed by atoms with Crippen LogP contribution in [-0.4, -0.2) is 23.1 Å². The standard InChI is InChI=1S/C9H13N3/c1-2-6-10-9(5-1)11-12-7-3-4-8-12/h1-2,5-6H,3-4,7-8H2,(H,10,11). The van der Waals surface area contributed by atoms with Gasteiger partial charge in [0.2, 0.25) is 0 Å². The Morgan fingerprint density at radius 3 is 2.75 bits per heavy atom.